The Balaban J connectivity index is 2.15. The molecule has 0 unspecified atom stereocenters. The van der Waals surface area contributed by atoms with Gasteiger partial charge in [-0.05, 0) is 53.5 Å². The summed E-state index contributed by atoms with van der Waals surface area (Å²) in [6, 6.07) is 7.19. The maximum atomic E-state index is 14.0. The number of nitrogens with zero attached hydrogens (tertiary/aromatic N) is 2. The highest BCUT2D eigenvalue weighted by Crippen LogP contribution is 2.37. The standard InChI is InChI=1S/C27H32ClFN2O5S/c1-14(2)18-11-19(15(3)4)27(20(12-18)16(5)6)37(33,34)36-23-13-24(32)31(17(7)30-23)22-10-9-21(29)26(35-8)25(22)28/h9-16H,1-8H3. The first-order chi connectivity index (χ1) is 17.2. The van der Waals surface area contributed by atoms with E-state index in [-0.39, 0.29) is 50.8 Å². The van der Waals surface area contributed by atoms with Crippen LogP contribution in [0.1, 0.15) is 81.8 Å². The predicted molar refractivity (Wildman–Crippen MR) is 143 cm³/mol. The van der Waals surface area contributed by atoms with Crippen molar-refractivity contribution in [2.45, 2.75) is 71.1 Å². The molecule has 2 aromatic carbocycles. The second-order valence-electron chi connectivity index (χ2n) is 9.76. The van der Waals surface area contributed by atoms with Gasteiger partial charge in [-0.15, -0.1) is 0 Å². The minimum atomic E-state index is -4.35. The number of hydrogen-bond donors (Lipinski definition) is 0. The monoisotopic (exact) mass is 550 g/mol. The van der Waals surface area contributed by atoms with Crippen LogP contribution in [-0.4, -0.2) is 25.1 Å². The summed E-state index contributed by atoms with van der Waals surface area (Å²) in [4.78, 5) is 17.3. The maximum Gasteiger partial charge on any atom is 0.341 e. The highest BCUT2D eigenvalue weighted by molar-refractivity contribution is 7.87. The van der Waals surface area contributed by atoms with Crippen LogP contribution in [-0.2, 0) is 10.1 Å². The molecule has 0 amide bonds. The summed E-state index contributed by atoms with van der Waals surface area (Å²) in [5.41, 5.74) is 1.80. The Bertz CT molecular complexity index is 1470. The lowest BCUT2D eigenvalue weighted by Crippen LogP contribution is -2.24. The van der Waals surface area contributed by atoms with Crippen molar-refractivity contribution in [3.8, 4) is 17.3 Å². The van der Waals surface area contributed by atoms with E-state index in [1.54, 1.807) is 0 Å². The third-order valence-corrected chi connectivity index (χ3v) is 7.79. The van der Waals surface area contributed by atoms with Crippen LogP contribution in [0.2, 0.25) is 5.02 Å². The molecule has 1 heterocycles. The average Bonchev–Trinajstić information content (AvgIpc) is 2.79. The highest BCUT2D eigenvalue weighted by atomic mass is 35.5. The van der Waals surface area contributed by atoms with Gasteiger partial charge in [-0.1, -0.05) is 65.3 Å². The van der Waals surface area contributed by atoms with Gasteiger partial charge < -0.3 is 8.92 Å². The van der Waals surface area contributed by atoms with Crippen molar-refractivity contribution >= 4 is 21.7 Å². The Morgan fingerprint density at radius 3 is 2.00 bits per heavy atom. The molecule has 0 aliphatic carbocycles. The Morgan fingerprint density at radius 1 is 0.973 bits per heavy atom. The van der Waals surface area contributed by atoms with Gasteiger partial charge in [0.05, 0.1) is 18.9 Å². The zero-order valence-electron chi connectivity index (χ0n) is 22.2. The quantitative estimate of drug-likeness (QED) is 0.298. The van der Waals surface area contributed by atoms with Gasteiger partial charge >= 0.3 is 10.1 Å². The number of methoxy groups -OCH3 is 1. The molecular weight excluding hydrogens is 519 g/mol. The normalized spacial score (nSPS) is 12.0. The van der Waals surface area contributed by atoms with Crippen molar-refractivity contribution in [1.29, 1.82) is 0 Å². The molecule has 0 radical (unpaired) electrons. The molecule has 37 heavy (non-hydrogen) atoms. The van der Waals surface area contributed by atoms with Gasteiger partial charge in [-0.25, -0.2) is 4.39 Å². The molecule has 200 valence electrons. The van der Waals surface area contributed by atoms with E-state index in [0.29, 0.717) is 11.1 Å². The number of aryl methyl sites for hydroxylation is 1. The lowest BCUT2D eigenvalue weighted by atomic mass is 9.89. The molecule has 0 atom stereocenters. The zero-order chi connectivity index (χ0) is 27.8. The van der Waals surface area contributed by atoms with Gasteiger partial charge in [-0.3, -0.25) is 9.36 Å². The van der Waals surface area contributed by atoms with E-state index >= 15 is 0 Å². The second-order valence-corrected chi connectivity index (χ2v) is 11.6. The van der Waals surface area contributed by atoms with Crippen molar-refractivity contribution in [1.82, 2.24) is 9.55 Å². The smallest absolute Gasteiger partial charge is 0.341 e. The zero-order valence-corrected chi connectivity index (χ0v) is 23.8. The lowest BCUT2D eigenvalue weighted by molar-refractivity contribution is 0.386. The van der Waals surface area contributed by atoms with Crippen molar-refractivity contribution in [2.24, 2.45) is 0 Å². The Kier molecular flexibility index (Phi) is 8.39. The first-order valence-corrected chi connectivity index (χ1v) is 13.7. The van der Waals surface area contributed by atoms with Gasteiger partial charge in [0, 0.05) is 0 Å². The fourth-order valence-electron chi connectivity index (χ4n) is 4.12. The van der Waals surface area contributed by atoms with Crippen LogP contribution in [0.25, 0.3) is 5.69 Å². The van der Waals surface area contributed by atoms with Crippen LogP contribution in [0.4, 0.5) is 4.39 Å². The molecule has 0 bridgehead atoms. The molecule has 3 rings (SSSR count). The molecule has 10 heteroatoms. The fraction of sp³-hybridized carbons (Fsp3) is 0.407. The van der Waals surface area contributed by atoms with Crippen LogP contribution < -0.4 is 14.5 Å². The minimum Gasteiger partial charge on any atom is -0.492 e. The van der Waals surface area contributed by atoms with Gasteiger partial charge in [0.1, 0.15) is 15.7 Å². The minimum absolute atomic E-state index is 0.0941. The van der Waals surface area contributed by atoms with E-state index in [0.717, 1.165) is 22.3 Å². The molecule has 0 spiro atoms. The third-order valence-electron chi connectivity index (χ3n) is 6.06. The van der Waals surface area contributed by atoms with Crippen LogP contribution in [0.15, 0.2) is 40.0 Å². The summed E-state index contributed by atoms with van der Waals surface area (Å²) in [6.07, 6.45) is 0. The van der Waals surface area contributed by atoms with E-state index in [2.05, 4.69) is 18.8 Å². The summed E-state index contributed by atoms with van der Waals surface area (Å²) >= 11 is 6.27. The van der Waals surface area contributed by atoms with Crippen LogP contribution in [0.3, 0.4) is 0 Å². The summed E-state index contributed by atoms with van der Waals surface area (Å²) in [5, 5.41) is -0.121. The van der Waals surface area contributed by atoms with E-state index in [1.165, 1.54) is 20.1 Å². The summed E-state index contributed by atoms with van der Waals surface area (Å²) < 4.78 is 52.8. The highest BCUT2D eigenvalue weighted by Gasteiger charge is 2.29. The molecule has 0 fully saturated rings. The van der Waals surface area contributed by atoms with Gasteiger partial charge in [0.15, 0.2) is 11.6 Å². The van der Waals surface area contributed by atoms with Crippen LogP contribution in [0, 0.1) is 12.7 Å². The van der Waals surface area contributed by atoms with E-state index in [9.17, 15) is 17.6 Å². The van der Waals surface area contributed by atoms with Crippen molar-refractivity contribution < 1.29 is 21.7 Å². The second kappa shape index (κ2) is 10.8. The number of halogens is 2. The Labute approximate surface area is 222 Å². The third kappa shape index (κ3) is 5.67. The molecule has 0 aliphatic heterocycles. The summed E-state index contributed by atoms with van der Waals surface area (Å²) in [5.74, 6) is -1.17. The van der Waals surface area contributed by atoms with Crippen molar-refractivity contribution in [2.75, 3.05) is 7.11 Å². The summed E-state index contributed by atoms with van der Waals surface area (Å²) in [6.45, 7) is 13.3. The molecular formula is C27H32ClFN2O5S. The molecule has 3 aromatic rings. The topological polar surface area (TPSA) is 87.5 Å². The van der Waals surface area contributed by atoms with Crippen molar-refractivity contribution in [3.05, 3.63) is 74.0 Å². The van der Waals surface area contributed by atoms with Crippen LogP contribution in [0.5, 0.6) is 11.6 Å². The number of hydrogen-bond acceptors (Lipinski definition) is 6. The van der Waals surface area contributed by atoms with E-state index in [1.807, 2.05) is 39.8 Å². The average molecular weight is 551 g/mol. The van der Waals surface area contributed by atoms with Gasteiger partial charge in [-0.2, -0.15) is 13.4 Å². The first-order valence-electron chi connectivity index (χ1n) is 11.9. The molecule has 0 N–H and O–H groups in total. The predicted octanol–water partition coefficient (Wildman–Crippen LogP) is 6.48. The molecule has 7 nitrogen and oxygen atoms in total. The van der Waals surface area contributed by atoms with Gasteiger partial charge in [0.25, 0.3) is 5.56 Å². The Morgan fingerprint density at radius 2 is 1.54 bits per heavy atom. The van der Waals surface area contributed by atoms with E-state index < -0.39 is 21.5 Å². The number of ether oxygens (including phenoxy) is 1. The van der Waals surface area contributed by atoms with Crippen molar-refractivity contribution in [3.63, 3.8) is 0 Å². The lowest BCUT2D eigenvalue weighted by Gasteiger charge is -2.22. The first kappa shape index (κ1) is 28.7. The number of benzene rings is 2. The summed E-state index contributed by atoms with van der Waals surface area (Å²) in [7, 11) is -3.09. The SMILES string of the molecule is COc1c(F)ccc(-n2c(C)nc(OS(=O)(=O)c3c(C(C)C)cc(C(C)C)cc3C(C)C)cc2=O)c1Cl. The molecule has 0 saturated heterocycles. The fourth-order valence-corrected chi connectivity index (χ4v) is 6.00. The number of aromatic nitrogens is 2. The molecule has 0 aliphatic rings. The Hall–Kier alpha value is -2.91. The maximum absolute atomic E-state index is 14.0. The largest absolute Gasteiger partial charge is 0.492 e. The molecule has 1 aromatic heterocycles. The van der Waals surface area contributed by atoms with Crippen LogP contribution >= 0.6 is 11.6 Å². The number of rotatable bonds is 8. The molecule has 0 saturated carbocycles. The van der Waals surface area contributed by atoms with Gasteiger partial charge in [0.2, 0.25) is 5.88 Å². The van der Waals surface area contributed by atoms with E-state index in [4.69, 9.17) is 20.5 Å².